The Bertz CT molecular complexity index is 1600. The van der Waals surface area contributed by atoms with Gasteiger partial charge in [0.1, 0.15) is 11.4 Å². The summed E-state index contributed by atoms with van der Waals surface area (Å²) in [6, 6.07) is 28.5. The lowest BCUT2D eigenvalue weighted by Crippen LogP contribution is -2.30. The van der Waals surface area contributed by atoms with E-state index >= 15 is 0 Å². The van der Waals surface area contributed by atoms with Crippen LogP contribution in [0.1, 0.15) is 26.3 Å². The minimum atomic E-state index is -1.07. The van der Waals surface area contributed by atoms with Crippen LogP contribution in [-0.4, -0.2) is 41.7 Å². The third-order valence-electron chi connectivity index (χ3n) is 5.83. The average Bonchev–Trinajstić information content (AvgIpc) is 3.01. The third kappa shape index (κ3) is 8.57. The van der Waals surface area contributed by atoms with Crippen molar-refractivity contribution in [2.24, 2.45) is 0 Å². The summed E-state index contributed by atoms with van der Waals surface area (Å²) in [5.41, 5.74) is 2.13. The molecule has 0 radical (unpaired) electrons. The molecule has 0 heterocycles. The largest absolute Gasteiger partial charge is 0.497 e. The van der Waals surface area contributed by atoms with Gasteiger partial charge in [0.05, 0.1) is 18.4 Å². The SMILES string of the molecule is COc1ccc(/C=C(\NC(=O)c2ccccc2)C(=O)Nc2ccc(SCC(=O)Nc3cccc(C(=O)O)c3)cc2)cc1. The molecule has 4 rings (SSSR count). The Kier molecular flexibility index (Phi) is 10.1. The molecule has 0 atom stereocenters. The Hall–Kier alpha value is -5.35. The van der Waals surface area contributed by atoms with Crippen LogP contribution < -0.4 is 20.7 Å². The van der Waals surface area contributed by atoms with E-state index in [1.54, 1.807) is 104 Å². The molecule has 0 aliphatic rings. The summed E-state index contributed by atoms with van der Waals surface area (Å²) in [6.07, 6.45) is 1.57. The monoisotopic (exact) mass is 581 g/mol. The molecule has 0 spiro atoms. The fraction of sp³-hybridized carbons (Fsp3) is 0.0625. The molecular weight excluding hydrogens is 554 g/mol. The second-order valence-electron chi connectivity index (χ2n) is 8.85. The minimum absolute atomic E-state index is 0.0520. The van der Waals surface area contributed by atoms with Crippen molar-refractivity contribution in [2.75, 3.05) is 23.5 Å². The molecule has 0 unspecified atom stereocenters. The average molecular weight is 582 g/mol. The van der Waals surface area contributed by atoms with Crippen molar-refractivity contribution < 1.29 is 29.0 Å². The molecule has 212 valence electrons. The van der Waals surface area contributed by atoms with Gasteiger partial charge >= 0.3 is 5.97 Å². The van der Waals surface area contributed by atoms with Gasteiger partial charge in [0.2, 0.25) is 5.91 Å². The van der Waals surface area contributed by atoms with Gasteiger partial charge in [-0.3, -0.25) is 14.4 Å². The molecule has 9 nitrogen and oxygen atoms in total. The van der Waals surface area contributed by atoms with E-state index in [1.807, 2.05) is 0 Å². The maximum absolute atomic E-state index is 13.2. The van der Waals surface area contributed by atoms with Crippen LogP contribution in [-0.2, 0) is 9.59 Å². The lowest BCUT2D eigenvalue weighted by molar-refractivity contribution is -0.114. The topological polar surface area (TPSA) is 134 Å². The fourth-order valence-corrected chi connectivity index (χ4v) is 4.42. The van der Waals surface area contributed by atoms with Gasteiger partial charge in [-0.2, -0.15) is 0 Å². The van der Waals surface area contributed by atoms with Crippen molar-refractivity contribution >= 4 is 52.9 Å². The van der Waals surface area contributed by atoms with E-state index < -0.39 is 17.8 Å². The van der Waals surface area contributed by atoms with Crippen LogP contribution in [0.2, 0.25) is 0 Å². The van der Waals surface area contributed by atoms with Crippen molar-refractivity contribution in [3.8, 4) is 5.75 Å². The number of anilines is 2. The quantitative estimate of drug-likeness (QED) is 0.135. The van der Waals surface area contributed by atoms with Crippen LogP contribution >= 0.6 is 11.8 Å². The predicted octanol–water partition coefficient (Wildman–Crippen LogP) is 5.53. The van der Waals surface area contributed by atoms with Crippen molar-refractivity contribution in [3.05, 3.63) is 126 Å². The number of benzene rings is 4. The van der Waals surface area contributed by atoms with Crippen LogP contribution in [0.15, 0.2) is 114 Å². The highest BCUT2D eigenvalue weighted by Gasteiger charge is 2.15. The molecule has 4 aromatic rings. The zero-order chi connectivity index (χ0) is 29.9. The number of ether oxygens (including phenoxy) is 1. The normalized spacial score (nSPS) is 10.8. The number of hydrogen-bond acceptors (Lipinski definition) is 6. The highest BCUT2D eigenvalue weighted by Crippen LogP contribution is 2.22. The van der Waals surface area contributed by atoms with E-state index in [-0.39, 0.29) is 22.9 Å². The van der Waals surface area contributed by atoms with Gasteiger partial charge in [-0.05, 0) is 78.4 Å². The van der Waals surface area contributed by atoms with Crippen LogP contribution in [0.25, 0.3) is 6.08 Å². The molecule has 10 heteroatoms. The Morgan fingerprint density at radius 3 is 2.14 bits per heavy atom. The summed E-state index contributed by atoms with van der Waals surface area (Å²) in [4.78, 5) is 50.3. The van der Waals surface area contributed by atoms with Gasteiger partial charge in [-0.15, -0.1) is 11.8 Å². The lowest BCUT2D eigenvalue weighted by atomic mass is 10.1. The van der Waals surface area contributed by atoms with Crippen molar-refractivity contribution in [1.29, 1.82) is 0 Å². The van der Waals surface area contributed by atoms with E-state index in [1.165, 1.54) is 23.9 Å². The first-order valence-electron chi connectivity index (χ1n) is 12.7. The Morgan fingerprint density at radius 2 is 1.48 bits per heavy atom. The molecule has 0 aromatic heterocycles. The van der Waals surface area contributed by atoms with Crippen LogP contribution in [0.5, 0.6) is 5.75 Å². The summed E-state index contributed by atoms with van der Waals surface area (Å²) in [5, 5.41) is 17.3. The zero-order valence-corrected chi connectivity index (χ0v) is 23.3. The molecule has 4 N–H and O–H groups in total. The van der Waals surface area contributed by atoms with Gasteiger partial charge in [0, 0.05) is 21.8 Å². The summed E-state index contributed by atoms with van der Waals surface area (Å²) in [5.74, 6) is -1.54. The molecule has 0 fully saturated rings. The van der Waals surface area contributed by atoms with Gasteiger partial charge in [0.25, 0.3) is 11.8 Å². The number of aromatic carboxylic acids is 1. The molecule has 0 saturated carbocycles. The summed E-state index contributed by atoms with van der Waals surface area (Å²) in [6.45, 7) is 0. The number of rotatable bonds is 11. The number of thioether (sulfide) groups is 1. The van der Waals surface area contributed by atoms with Gasteiger partial charge in [-0.25, -0.2) is 4.79 Å². The Morgan fingerprint density at radius 1 is 0.786 bits per heavy atom. The highest BCUT2D eigenvalue weighted by atomic mass is 32.2. The summed E-state index contributed by atoms with van der Waals surface area (Å²) in [7, 11) is 1.56. The molecular formula is C32H27N3O6S. The standard InChI is InChI=1S/C32H27N3O6S/c1-41-26-14-10-21(11-15-26)18-28(35-30(37)22-6-3-2-4-7-22)31(38)34-24-12-16-27(17-13-24)42-20-29(36)33-25-9-5-8-23(19-25)32(39)40/h2-19H,20H2,1H3,(H,33,36)(H,34,38)(H,35,37)(H,39,40)/b28-18-. The van der Waals surface area contributed by atoms with Gasteiger partial charge < -0.3 is 25.8 Å². The lowest BCUT2D eigenvalue weighted by Gasteiger charge is -2.12. The molecule has 4 aromatic carbocycles. The summed E-state index contributed by atoms with van der Waals surface area (Å²) < 4.78 is 5.19. The molecule has 42 heavy (non-hydrogen) atoms. The molecule has 0 aliphatic heterocycles. The first kappa shape index (κ1) is 29.6. The first-order chi connectivity index (χ1) is 20.3. The van der Waals surface area contributed by atoms with E-state index in [2.05, 4.69) is 16.0 Å². The number of methoxy groups -OCH3 is 1. The summed E-state index contributed by atoms with van der Waals surface area (Å²) >= 11 is 1.28. The number of nitrogens with one attached hydrogen (secondary N) is 3. The Balaban J connectivity index is 1.40. The van der Waals surface area contributed by atoms with Gasteiger partial charge in [0.15, 0.2) is 0 Å². The van der Waals surface area contributed by atoms with Gasteiger partial charge in [-0.1, -0.05) is 36.4 Å². The van der Waals surface area contributed by atoms with Crippen LogP contribution in [0.4, 0.5) is 11.4 Å². The van der Waals surface area contributed by atoms with Crippen molar-refractivity contribution in [1.82, 2.24) is 5.32 Å². The van der Waals surface area contributed by atoms with Crippen LogP contribution in [0, 0.1) is 0 Å². The Labute approximate surface area is 246 Å². The van der Waals surface area contributed by atoms with E-state index in [9.17, 15) is 19.2 Å². The fourth-order valence-electron chi connectivity index (χ4n) is 3.72. The number of hydrogen-bond donors (Lipinski definition) is 4. The van der Waals surface area contributed by atoms with Crippen molar-refractivity contribution in [2.45, 2.75) is 4.90 Å². The first-order valence-corrected chi connectivity index (χ1v) is 13.7. The van der Waals surface area contributed by atoms with E-state index in [4.69, 9.17) is 9.84 Å². The van der Waals surface area contributed by atoms with E-state index in [0.717, 1.165) is 4.90 Å². The molecule has 0 aliphatic carbocycles. The minimum Gasteiger partial charge on any atom is -0.497 e. The third-order valence-corrected chi connectivity index (χ3v) is 6.84. The second kappa shape index (κ2) is 14.3. The maximum atomic E-state index is 13.2. The predicted molar refractivity (Wildman–Crippen MR) is 163 cm³/mol. The number of amides is 3. The second-order valence-corrected chi connectivity index (χ2v) is 9.90. The molecule has 3 amide bonds. The van der Waals surface area contributed by atoms with E-state index in [0.29, 0.717) is 28.3 Å². The maximum Gasteiger partial charge on any atom is 0.335 e. The zero-order valence-electron chi connectivity index (χ0n) is 22.5. The van der Waals surface area contributed by atoms with Crippen LogP contribution in [0.3, 0.4) is 0 Å². The smallest absolute Gasteiger partial charge is 0.335 e. The number of carboxylic acid groups (broad SMARTS) is 1. The van der Waals surface area contributed by atoms with Crippen molar-refractivity contribution in [3.63, 3.8) is 0 Å². The highest BCUT2D eigenvalue weighted by molar-refractivity contribution is 8.00. The molecule has 0 bridgehead atoms. The number of carbonyl (C=O) groups excluding carboxylic acids is 3. The number of carboxylic acids is 1. The molecule has 0 saturated heterocycles. The number of carbonyl (C=O) groups is 4.